The highest BCUT2D eigenvalue weighted by Crippen LogP contribution is 2.26. The highest BCUT2D eigenvalue weighted by atomic mass is 16.6. The van der Waals surface area contributed by atoms with E-state index in [9.17, 15) is 4.79 Å². The van der Waals surface area contributed by atoms with E-state index in [0.29, 0.717) is 32.0 Å². The van der Waals surface area contributed by atoms with E-state index in [2.05, 4.69) is 20.8 Å². The fourth-order valence-corrected chi connectivity index (χ4v) is 2.27. The Morgan fingerprint density at radius 1 is 1.05 bits per heavy atom. The number of carbonyl (C=O) groups excluding carboxylic acids is 1. The maximum atomic E-state index is 12.0. The average molecular weight is 308 g/mol. The van der Waals surface area contributed by atoms with Gasteiger partial charge in [-0.25, -0.2) is 4.79 Å². The zero-order valence-electron chi connectivity index (χ0n) is 14.4. The molecule has 0 N–H and O–H groups in total. The van der Waals surface area contributed by atoms with Crippen LogP contribution in [-0.2, 0) is 19.6 Å². The van der Waals surface area contributed by atoms with Crippen LogP contribution in [0.1, 0.15) is 49.2 Å². The van der Waals surface area contributed by atoms with Crippen LogP contribution in [0.3, 0.4) is 0 Å². The van der Waals surface area contributed by atoms with E-state index in [1.807, 2.05) is 32.0 Å². The Bertz CT molecular complexity index is 474. The molecular formula is C18H28O4. The van der Waals surface area contributed by atoms with Gasteiger partial charge in [-0.15, -0.1) is 0 Å². The van der Waals surface area contributed by atoms with Crippen molar-refractivity contribution in [2.24, 2.45) is 0 Å². The van der Waals surface area contributed by atoms with Gasteiger partial charge < -0.3 is 14.2 Å². The highest BCUT2D eigenvalue weighted by molar-refractivity contribution is 5.89. The summed E-state index contributed by atoms with van der Waals surface area (Å²) >= 11 is 0. The lowest BCUT2D eigenvalue weighted by Crippen LogP contribution is -2.15. The summed E-state index contributed by atoms with van der Waals surface area (Å²) in [4.78, 5) is 12.0. The minimum absolute atomic E-state index is 0.0704. The third kappa shape index (κ3) is 6.16. The molecule has 1 aromatic rings. The Balaban J connectivity index is 2.42. The highest BCUT2D eigenvalue weighted by Gasteiger charge is 2.17. The summed E-state index contributed by atoms with van der Waals surface area (Å²) in [5, 5.41) is 0. The van der Waals surface area contributed by atoms with Crippen molar-refractivity contribution in [1.29, 1.82) is 0 Å². The molecule has 4 heteroatoms. The fourth-order valence-electron chi connectivity index (χ4n) is 2.27. The van der Waals surface area contributed by atoms with Crippen LogP contribution in [0.15, 0.2) is 18.2 Å². The number of hydrogen-bond acceptors (Lipinski definition) is 4. The quantitative estimate of drug-likeness (QED) is 0.544. The first-order valence-corrected chi connectivity index (χ1v) is 7.80. The molecule has 0 atom stereocenters. The van der Waals surface area contributed by atoms with E-state index < -0.39 is 0 Å². The molecule has 0 aromatic heterocycles. The molecule has 0 heterocycles. The molecule has 0 spiro atoms. The second kappa shape index (κ2) is 8.91. The van der Waals surface area contributed by atoms with Gasteiger partial charge in [0.05, 0.1) is 25.4 Å². The van der Waals surface area contributed by atoms with Gasteiger partial charge >= 0.3 is 5.97 Å². The molecular weight excluding hydrogens is 280 g/mol. The van der Waals surface area contributed by atoms with Gasteiger partial charge in [0, 0.05) is 6.61 Å². The van der Waals surface area contributed by atoms with E-state index in [0.717, 1.165) is 5.56 Å². The predicted molar refractivity (Wildman–Crippen MR) is 87.5 cm³/mol. The Kier molecular flexibility index (Phi) is 7.56. The van der Waals surface area contributed by atoms with Crippen LogP contribution >= 0.6 is 0 Å². The Morgan fingerprint density at radius 2 is 1.68 bits per heavy atom. The van der Waals surface area contributed by atoms with Crippen LogP contribution in [0, 0.1) is 6.92 Å². The molecule has 1 aromatic carbocycles. The van der Waals surface area contributed by atoms with Gasteiger partial charge in [-0.3, -0.25) is 0 Å². The van der Waals surface area contributed by atoms with Crippen LogP contribution in [0.5, 0.6) is 0 Å². The summed E-state index contributed by atoms with van der Waals surface area (Å²) in [5.74, 6) is -0.308. The minimum Gasteiger partial charge on any atom is -0.460 e. The van der Waals surface area contributed by atoms with Gasteiger partial charge in [0.1, 0.15) is 6.61 Å². The summed E-state index contributed by atoms with van der Waals surface area (Å²) < 4.78 is 15.7. The number of ether oxygens (including phenoxy) is 3. The smallest absolute Gasteiger partial charge is 0.338 e. The standard InChI is InChI=1S/C18H28O4/c1-6-20-9-10-21-11-12-22-17(19)15-7-8-16(14(2)13-15)18(3,4)5/h7-8,13H,6,9-12H2,1-5H3. The van der Waals surface area contributed by atoms with Gasteiger partial charge in [-0.1, -0.05) is 26.8 Å². The summed E-state index contributed by atoms with van der Waals surface area (Å²) in [6.45, 7) is 12.9. The normalized spacial score (nSPS) is 11.5. The molecule has 0 aliphatic rings. The van der Waals surface area contributed by atoms with Crippen molar-refractivity contribution in [3.8, 4) is 0 Å². The van der Waals surface area contributed by atoms with Crippen LogP contribution in [0.25, 0.3) is 0 Å². The Labute approximate surface area is 133 Å². The molecule has 1 rings (SSSR count). The van der Waals surface area contributed by atoms with Crippen molar-refractivity contribution in [1.82, 2.24) is 0 Å². The van der Waals surface area contributed by atoms with Crippen molar-refractivity contribution in [2.45, 2.75) is 40.0 Å². The number of esters is 1. The molecule has 4 nitrogen and oxygen atoms in total. The largest absolute Gasteiger partial charge is 0.460 e. The first-order valence-electron chi connectivity index (χ1n) is 7.80. The van der Waals surface area contributed by atoms with E-state index in [-0.39, 0.29) is 18.0 Å². The van der Waals surface area contributed by atoms with Crippen molar-refractivity contribution >= 4 is 5.97 Å². The molecule has 0 aliphatic carbocycles. The minimum atomic E-state index is -0.308. The van der Waals surface area contributed by atoms with Crippen LogP contribution in [-0.4, -0.2) is 39.0 Å². The number of hydrogen-bond donors (Lipinski definition) is 0. The zero-order valence-corrected chi connectivity index (χ0v) is 14.4. The maximum Gasteiger partial charge on any atom is 0.338 e. The zero-order chi connectivity index (χ0) is 16.6. The third-order valence-corrected chi connectivity index (χ3v) is 3.31. The molecule has 0 bridgehead atoms. The molecule has 0 fully saturated rings. The Hall–Kier alpha value is -1.39. The van der Waals surface area contributed by atoms with E-state index in [1.54, 1.807) is 0 Å². The molecule has 0 saturated heterocycles. The maximum absolute atomic E-state index is 12.0. The summed E-state index contributed by atoms with van der Waals surface area (Å²) in [6.07, 6.45) is 0. The number of carbonyl (C=O) groups is 1. The lowest BCUT2D eigenvalue weighted by Gasteiger charge is -2.22. The summed E-state index contributed by atoms with van der Waals surface area (Å²) in [7, 11) is 0. The van der Waals surface area contributed by atoms with E-state index >= 15 is 0 Å². The first-order chi connectivity index (χ1) is 10.4. The van der Waals surface area contributed by atoms with Crippen LogP contribution in [0.4, 0.5) is 0 Å². The van der Waals surface area contributed by atoms with E-state index in [4.69, 9.17) is 14.2 Å². The van der Waals surface area contributed by atoms with Crippen LogP contribution in [0.2, 0.25) is 0 Å². The molecule has 0 amide bonds. The van der Waals surface area contributed by atoms with Gasteiger partial charge in [-0.2, -0.15) is 0 Å². The summed E-state index contributed by atoms with van der Waals surface area (Å²) in [6, 6.07) is 5.72. The SMILES string of the molecule is CCOCCOCCOC(=O)c1ccc(C(C)(C)C)c(C)c1. The molecule has 22 heavy (non-hydrogen) atoms. The van der Waals surface area contributed by atoms with Gasteiger partial charge in [0.2, 0.25) is 0 Å². The lowest BCUT2D eigenvalue weighted by atomic mass is 9.83. The topological polar surface area (TPSA) is 44.8 Å². The first kappa shape index (κ1) is 18.7. The van der Waals surface area contributed by atoms with Gasteiger partial charge in [0.15, 0.2) is 0 Å². The van der Waals surface area contributed by atoms with Gasteiger partial charge in [0.25, 0.3) is 0 Å². The second-order valence-electron chi connectivity index (χ2n) is 6.22. The van der Waals surface area contributed by atoms with Crippen molar-refractivity contribution < 1.29 is 19.0 Å². The molecule has 0 unspecified atom stereocenters. The van der Waals surface area contributed by atoms with Crippen molar-refractivity contribution in [3.63, 3.8) is 0 Å². The molecule has 0 saturated carbocycles. The molecule has 124 valence electrons. The third-order valence-electron chi connectivity index (χ3n) is 3.31. The fraction of sp³-hybridized carbons (Fsp3) is 0.611. The molecule has 0 aliphatic heterocycles. The van der Waals surface area contributed by atoms with Crippen molar-refractivity contribution in [3.05, 3.63) is 34.9 Å². The number of benzene rings is 1. The van der Waals surface area contributed by atoms with Crippen LogP contribution < -0.4 is 0 Å². The monoisotopic (exact) mass is 308 g/mol. The van der Waals surface area contributed by atoms with Gasteiger partial charge in [-0.05, 0) is 42.5 Å². The number of aryl methyl sites for hydroxylation is 1. The Morgan fingerprint density at radius 3 is 2.27 bits per heavy atom. The number of rotatable bonds is 8. The van der Waals surface area contributed by atoms with E-state index in [1.165, 1.54) is 5.56 Å². The lowest BCUT2D eigenvalue weighted by molar-refractivity contribution is 0.0164. The molecule has 0 radical (unpaired) electrons. The van der Waals surface area contributed by atoms with Crippen molar-refractivity contribution in [2.75, 3.05) is 33.0 Å². The predicted octanol–water partition coefficient (Wildman–Crippen LogP) is 3.50. The summed E-state index contributed by atoms with van der Waals surface area (Å²) in [5.41, 5.74) is 3.00. The second-order valence-corrected chi connectivity index (χ2v) is 6.22. The average Bonchev–Trinajstić information content (AvgIpc) is 2.44.